The van der Waals surface area contributed by atoms with Crippen molar-refractivity contribution in [1.82, 2.24) is 10.2 Å². The first-order chi connectivity index (χ1) is 14.7. The molecule has 5 nitrogen and oxygen atoms in total. The maximum Gasteiger partial charge on any atom is 0.252 e. The third-order valence-electron chi connectivity index (χ3n) is 4.82. The molecule has 1 N–H and O–H groups in total. The van der Waals surface area contributed by atoms with Crippen LogP contribution in [0.15, 0.2) is 89.9 Å². The van der Waals surface area contributed by atoms with Crippen LogP contribution in [0.25, 0.3) is 0 Å². The fraction of sp³-hybridized carbons (Fsp3) is 0.167. The first-order valence-electron chi connectivity index (χ1n) is 9.75. The summed E-state index contributed by atoms with van der Waals surface area (Å²) in [4.78, 5) is 19.7. The Hall–Kier alpha value is -3.25. The molecule has 1 unspecified atom stereocenters. The number of carbonyl (C=O) groups excluding carboxylic acids is 1. The fourth-order valence-electron chi connectivity index (χ4n) is 3.23. The van der Waals surface area contributed by atoms with Crippen LogP contribution in [0.2, 0.25) is 0 Å². The molecule has 1 aliphatic rings. The molecule has 1 atom stereocenters. The minimum Gasteiger partial charge on any atom is -0.497 e. The zero-order valence-corrected chi connectivity index (χ0v) is 17.5. The minimum atomic E-state index is -0.139. The van der Waals surface area contributed by atoms with E-state index in [1.807, 2.05) is 72.8 Å². The number of rotatable bonds is 6. The molecule has 1 amide bonds. The van der Waals surface area contributed by atoms with Crippen LogP contribution in [0, 0.1) is 0 Å². The van der Waals surface area contributed by atoms with Crippen molar-refractivity contribution in [3.63, 3.8) is 0 Å². The van der Waals surface area contributed by atoms with Gasteiger partial charge < -0.3 is 15.0 Å². The summed E-state index contributed by atoms with van der Waals surface area (Å²) in [5.74, 6) is 1.46. The van der Waals surface area contributed by atoms with Gasteiger partial charge in [-0.25, -0.2) is 4.99 Å². The highest BCUT2D eigenvalue weighted by atomic mass is 32.2. The third kappa shape index (κ3) is 4.83. The predicted molar refractivity (Wildman–Crippen MR) is 122 cm³/mol. The smallest absolute Gasteiger partial charge is 0.252 e. The molecular weight excluding hydrogens is 394 g/mol. The molecule has 0 saturated carbocycles. The van der Waals surface area contributed by atoms with E-state index in [9.17, 15) is 4.79 Å². The Morgan fingerprint density at radius 3 is 2.37 bits per heavy atom. The van der Waals surface area contributed by atoms with E-state index < -0.39 is 0 Å². The van der Waals surface area contributed by atoms with Gasteiger partial charge in [0, 0.05) is 17.9 Å². The van der Waals surface area contributed by atoms with E-state index in [4.69, 9.17) is 9.73 Å². The topological polar surface area (TPSA) is 53.9 Å². The van der Waals surface area contributed by atoms with Gasteiger partial charge in [-0.3, -0.25) is 4.79 Å². The lowest BCUT2D eigenvalue weighted by Crippen LogP contribution is -2.46. The lowest BCUT2D eigenvalue weighted by atomic mass is 10.2. The standard InChI is InChI=1S/C24H23N3O2S/c1-29-21-14-12-20(13-15-21)25-24-27(16-18-8-4-2-5-9-18)22(17-30-24)26-23(28)19-10-6-3-7-11-19/h2-15,22H,16-17H2,1H3,(H,26,28). The summed E-state index contributed by atoms with van der Waals surface area (Å²) in [6.07, 6.45) is -0.139. The molecule has 3 aromatic rings. The van der Waals surface area contributed by atoms with Gasteiger partial charge in [0.25, 0.3) is 5.91 Å². The Bertz CT molecular complexity index is 1010. The van der Waals surface area contributed by atoms with Gasteiger partial charge in [-0.1, -0.05) is 60.3 Å². The highest BCUT2D eigenvalue weighted by Gasteiger charge is 2.31. The van der Waals surface area contributed by atoms with E-state index in [0.29, 0.717) is 12.1 Å². The molecule has 1 saturated heterocycles. The van der Waals surface area contributed by atoms with Crippen LogP contribution in [0.1, 0.15) is 15.9 Å². The van der Waals surface area contributed by atoms with Gasteiger partial charge in [-0.2, -0.15) is 0 Å². The average Bonchev–Trinajstić information content (AvgIpc) is 3.16. The van der Waals surface area contributed by atoms with Crippen molar-refractivity contribution in [3.05, 3.63) is 96.1 Å². The summed E-state index contributed by atoms with van der Waals surface area (Å²) in [5.41, 5.74) is 2.68. The van der Waals surface area contributed by atoms with E-state index in [1.165, 1.54) is 5.56 Å². The van der Waals surface area contributed by atoms with Crippen molar-refractivity contribution in [3.8, 4) is 5.75 Å². The fourth-order valence-corrected chi connectivity index (χ4v) is 4.32. The summed E-state index contributed by atoms with van der Waals surface area (Å²) in [7, 11) is 1.65. The lowest BCUT2D eigenvalue weighted by molar-refractivity contribution is 0.0910. The monoisotopic (exact) mass is 417 g/mol. The van der Waals surface area contributed by atoms with Crippen molar-refractivity contribution in [2.45, 2.75) is 12.7 Å². The molecule has 6 heteroatoms. The Kier molecular flexibility index (Phi) is 6.35. The molecule has 0 aliphatic carbocycles. The quantitative estimate of drug-likeness (QED) is 0.632. The number of nitrogens with zero attached hydrogens (tertiary/aromatic N) is 2. The molecule has 0 bridgehead atoms. The zero-order valence-electron chi connectivity index (χ0n) is 16.7. The van der Waals surface area contributed by atoms with E-state index in [2.05, 4.69) is 22.3 Å². The first-order valence-corrected chi connectivity index (χ1v) is 10.7. The number of hydrogen-bond donors (Lipinski definition) is 1. The highest BCUT2D eigenvalue weighted by Crippen LogP contribution is 2.29. The summed E-state index contributed by atoms with van der Waals surface area (Å²) < 4.78 is 5.23. The Morgan fingerprint density at radius 1 is 1.03 bits per heavy atom. The van der Waals surface area contributed by atoms with Crippen molar-refractivity contribution in [2.24, 2.45) is 4.99 Å². The van der Waals surface area contributed by atoms with Crippen LogP contribution in [0.4, 0.5) is 5.69 Å². The zero-order chi connectivity index (χ0) is 20.8. The van der Waals surface area contributed by atoms with E-state index in [0.717, 1.165) is 22.4 Å². The van der Waals surface area contributed by atoms with Crippen LogP contribution in [-0.2, 0) is 6.54 Å². The second-order valence-electron chi connectivity index (χ2n) is 6.87. The molecule has 30 heavy (non-hydrogen) atoms. The molecule has 4 rings (SSSR count). The molecule has 152 valence electrons. The number of amidine groups is 1. The number of carbonyl (C=O) groups is 1. The van der Waals surface area contributed by atoms with Gasteiger partial charge in [0.15, 0.2) is 5.17 Å². The van der Waals surface area contributed by atoms with Crippen LogP contribution >= 0.6 is 11.8 Å². The van der Waals surface area contributed by atoms with Gasteiger partial charge in [0.2, 0.25) is 0 Å². The molecule has 3 aromatic carbocycles. The Balaban J connectivity index is 1.57. The average molecular weight is 418 g/mol. The number of benzene rings is 3. The van der Waals surface area contributed by atoms with Gasteiger partial charge in [-0.15, -0.1) is 0 Å². The van der Waals surface area contributed by atoms with Crippen molar-refractivity contribution >= 4 is 28.5 Å². The van der Waals surface area contributed by atoms with Crippen LogP contribution in [0.3, 0.4) is 0 Å². The van der Waals surface area contributed by atoms with Crippen molar-refractivity contribution in [2.75, 3.05) is 12.9 Å². The minimum absolute atomic E-state index is 0.0787. The number of ether oxygens (including phenoxy) is 1. The molecular formula is C24H23N3O2S. The Labute approximate surface area is 180 Å². The second-order valence-corrected chi connectivity index (χ2v) is 7.86. The summed E-state index contributed by atoms with van der Waals surface area (Å²) in [6, 6.07) is 27.2. The summed E-state index contributed by atoms with van der Waals surface area (Å²) >= 11 is 1.65. The van der Waals surface area contributed by atoms with Crippen LogP contribution < -0.4 is 10.1 Å². The van der Waals surface area contributed by atoms with Crippen molar-refractivity contribution in [1.29, 1.82) is 0 Å². The summed E-state index contributed by atoms with van der Waals surface area (Å²) in [6.45, 7) is 0.669. The van der Waals surface area contributed by atoms with E-state index in [1.54, 1.807) is 18.9 Å². The molecule has 1 heterocycles. The maximum absolute atomic E-state index is 12.7. The van der Waals surface area contributed by atoms with Gasteiger partial charge in [0.05, 0.1) is 12.8 Å². The SMILES string of the molecule is COc1ccc(N=C2SCC(NC(=O)c3ccccc3)N2Cc2ccccc2)cc1. The van der Waals surface area contributed by atoms with Gasteiger partial charge >= 0.3 is 0 Å². The van der Waals surface area contributed by atoms with E-state index >= 15 is 0 Å². The maximum atomic E-state index is 12.7. The second kappa shape index (κ2) is 9.50. The number of nitrogens with one attached hydrogen (secondary N) is 1. The normalized spacial score (nSPS) is 17.2. The number of hydrogen-bond acceptors (Lipinski definition) is 4. The number of amides is 1. The van der Waals surface area contributed by atoms with Crippen LogP contribution in [0.5, 0.6) is 5.75 Å². The van der Waals surface area contributed by atoms with Gasteiger partial charge in [0.1, 0.15) is 11.9 Å². The lowest BCUT2D eigenvalue weighted by Gasteiger charge is -2.27. The third-order valence-corrected chi connectivity index (χ3v) is 5.89. The molecule has 1 fully saturated rings. The van der Waals surface area contributed by atoms with Gasteiger partial charge in [-0.05, 0) is 42.0 Å². The highest BCUT2D eigenvalue weighted by molar-refractivity contribution is 8.14. The number of methoxy groups -OCH3 is 1. The molecule has 1 aliphatic heterocycles. The van der Waals surface area contributed by atoms with Crippen LogP contribution in [-0.4, -0.2) is 35.0 Å². The van der Waals surface area contributed by atoms with Crippen molar-refractivity contribution < 1.29 is 9.53 Å². The predicted octanol–water partition coefficient (Wildman–Crippen LogP) is 4.69. The molecule has 0 radical (unpaired) electrons. The number of thioether (sulfide) groups is 1. The number of aliphatic imine (C=N–C) groups is 1. The summed E-state index contributed by atoms with van der Waals surface area (Å²) in [5, 5.41) is 4.06. The molecule has 0 spiro atoms. The Morgan fingerprint density at radius 2 is 1.70 bits per heavy atom. The van der Waals surface area contributed by atoms with E-state index in [-0.39, 0.29) is 12.1 Å². The first kappa shape index (κ1) is 20.0. The largest absolute Gasteiger partial charge is 0.497 e. The molecule has 0 aromatic heterocycles.